The summed E-state index contributed by atoms with van der Waals surface area (Å²) in [6, 6.07) is 2.65. The molecule has 0 saturated carbocycles. The summed E-state index contributed by atoms with van der Waals surface area (Å²) in [5.74, 6) is 0. The van der Waals surface area contributed by atoms with Crippen molar-refractivity contribution in [3.63, 3.8) is 0 Å². The molecular formula is C5HCl2ILiN. The molecule has 1 aromatic heterocycles. The Labute approximate surface area is 94.8 Å². The first-order chi connectivity index (χ1) is 4.20. The summed E-state index contributed by atoms with van der Waals surface area (Å²) in [5, 5.41) is 0.830. The normalized spacial score (nSPS) is 8.70. The molecule has 0 saturated heterocycles. The Morgan fingerprint density at radius 1 is 1.50 bits per heavy atom. The Hall–Kier alpha value is 1.06. The van der Waals surface area contributed by atoms with Gasteiger partial charge in [-0.15, -0.1) is 16.6 Å². The summed E-state index contributed by atoms with van der Waals surface area (Å²) in [5.41, 5.74) is 0. The molecule has 10 heavy (non-hydrogen) atoms. The molecule has 0 aromatic carbocycles. The zero-order chi connectivity index (χ0) is 6.85. The van der Waals surface area contributed by atoms with Crippen molar-refractivity contribution in [2.24, 2.45) is 0 Å². The van der Waals surface area contributed by atoms with Crippen LogP contribution in [0.4, 0.5) is 0 Å². The first-order valence-corrected chi connectivity index (χ1v) is 3.92. The van der Waals surface area contributed by atoms with E-state index in [2.05, 4.69) is 33.6 Å². The summed E-state index contributed by atoms with van der Waals surface area (Å²) in [6.07, 6.45) is 1.60. The second-order valence-corrected chi connectivity index (χ2v) is 3.23. The minimum Gasteiger partial charge on any atom is -0.283 e. The first-order valence-electron chi connectivity index (χ1n) is 2.09. The molecule has 0 spiro atoms. The van der Waals surface area contributed by atoms with Crippen molar-refractivity contribution >= 4 is 45.8 Å². The monoisotopic (exact) mass is 279 g/mol. The molecule has 0 N–H and O–H groups in total. The average Bonchev–Trinajstić information content (AvgIpc) is 1.80. The van der Waals surface area contributed by atoms with Crippen molar-refractivity contribution in [2.75, 3.05) is 0 Å². The molecular weight excluding hydrogens is 279 g/mol. The van der Waals surface area contributed by atoms with E-state index in [1.54, 1.807) is 6.20 Å². The summed E-state index contributed by atoms with van der Waals surface area (Å²) < 4.78 is 0.860. The van der Waals surface area contributed by atoms with Crippen LogP contribution in [0.3, 0.4) is 0 Å². The summed E-state index contributed by atoms with van der Waals surface area (Å²) in [6.45, 7) is 0. The molecule has 0 aliphatic rings. The van der Waals surface area contributed by atoms with Crippen LogP contribution in [-0.2, 0) is 0 Å². The third kappa shape index (κ3) is 2.98. The van der Waals surface area contributed by atoms with Gasteiger partial charge in [-0.2, -0.15) is 28.7 Å². The van der Waals surface area contributed by atoms with Gasteiger partial charge in [0.2, 0.25) is 0 Å². The smallest absolute Gasteiger partial charge is 0.283 e. The van der Waals surface area contributed by atoms with Crippen molar-refractivity contribution in [2.45, 2.75) is 0 Å². The molecule has 5 heteroatoms. The summed E-state index contributed by atoms with van der Waals surface area (Å²) in [4.78, 5) is 3.76. The van der Waals surface area contributed by atoms with E-state index >= 15 is 0 Å². The molecule has 0 aliphatic carbocycles. The maximum absolute atomic E-state index is 5.63. The topological polar surface area (TPSA) is 12.9 Å². The average molecular weight is 280 g/mol. The zero-order valence-corrected chi connectivity index (χ0v) is 8.83. The summed E-state index contributed by atoms with van der Waals surface area (Å²) >= 11 is 13.1. The minimum atomic E-state index is 0. The van der Waals surface area contributed by atoms with Gasteiger partial charge in [0.05, 0.1) is 0 Å². The fourth-order valence-electron chi connectivity index (χ4n) is 0.353. The van der Waals surface area contributed by atoms with Crippen LogP contribution in [-0.4, -0.2) is 4.98 Å². The van der Waals surface area contributed by atoms with Gasteiger partial charge in [0, 0.05) is 5.15 Å². The SMILES string of the molecule is Clc1[c-]c(Cl)c(I)cn1.[Li+]. The van der Waals surface area contributed by atoms with Crippen LogP contribution < -0.4 is 18.9 Å². The van der Waals surface area contributed by atoms with E-state index in [0.717, 1.165) is 3.57 Å². The van der Waals surface area contributed by atoms with E-state index in [0.29, 0.717) is 10.2 Å². The number of nitrogens with zero attached hydrogens (tertiary/aromatic N) is 1. The predicted molar refractivity (Wildman–Crippen MR) is 45.8 cm³/mol. The number of rotatable bonds is 0. The van der Waals surface area contributed by atoms with Gasteiger partial charge in [-0.05, 0) is 6.20 Å². The van der Waals surface area contributed by atoms with Gasteiger partial charge in [-0.1, -0.05) is 15.2 Å². The molecule has 0 amide bonds. The van der Waals surface area contributed by atoms with Crippen molar-refractivity contribution < 1.29 is 18.9 Å². The first kappa shape index (κ1) is 11.1. The number of aromatic nitrogens is 1. The number of pyridine rings is 1. The molecule has 0 fully saturated rings. The van der Waals surface area contributed by atoms with Gasteiger partial charge >= 0.3 is 18.9 Å². The zero-order valence-electron chi connectivity index (χ0n) is 5.16. The second-order valence-electron chi connectivity index (χ2n) is 1.34. The Morgan fingerprint density at radius 2 is 2.10 bits per heavy atom. The molecule has 0 radical (unpaired) electrons. The maximum Gasteiger partial charge on any atom is 1.00 e. The molecule has 1 rings (SSSR count). The van der Waals surface area contributed by atoms with Crippen LogP contribution in [0.1, 0.15) is 0 Å². The van der Waals surface area contributed by atoms with Crippen molar-refractivity contribution in [3.8, 4) is 0 Å². The van der Waals surface area contributed by atoms with E-state index in [-0.39, 0.29) is 18.9 Å². The Morgan fingerprint density at radius 3 is 2.50 bits per heavy atom. The van der Waals surface area contributed by atoms with Crippen LogP contribution in [0.15, 0.2) is 6.20 Å². The third-order valence-corrected chi connectivity index (χ3v) is 2.34. The van der Waals surface area contributed by atoms with Crippen LogP contribution in [0.2, 0.25) is 10.2 Å². The van der Waals surface area contributed by atoms with E-state index < -0.39 is 0 Å². The van der Waals surface area contributed by atoms with Crippen LogP contribution >= 0.6 is 45.8 Å². The van der Waals surface area contributed by atoms with Crippen LogP contribution in [0.25, 0.3) is 0 Å². The van der Waals surface area contributed by atoms with Gasteiger partial charge in [0.25, 0.3) is 0 Å². The predicted octanol–water partition coefficient (Wildman–Crippen LogP) is -0.203. The maximum atomic E-state index is 5.63. The fraction of sp³-hybridized carbons (Fsp3) is 0. The van der Waals surface area contributed by atoms with Gasteiger partial charge in [0.1, 0.15) is 0 Å². The van der Waals surface area contributed by atoms with E-state index in [1.165, 1.54) is 0 Å². The molecule has 1 heterocycles. The number of hydrogen-bond acceptors (Lipinski definition) is 1. The Bertz CT molecular complexity index is 231. The fourth-order valence-corrected chi connectivity index (χ4v) is 0.957. The Kier molecular flexibility index (Phi) is 5.35. The second kappa shape index (κ2) is 4.84. The van der Waals surface area contributed by atoms with E-state index in [1.807, 2.05) is 0 Å². The van der Waals surface area contributed by atoms with Gasteiger partial charge in [-0.25, -0.2) is 0 Å². The molecule has 1 aromatic rings. The molecule has 0 unspecified atom stereocenters. The van der Waals surface area contributed by atoms with Crippen molar-refractivity contribution in [3.05, 3.63) is 26.0 Å². The van der Waals surface area contributed by atoms with E-state index in [4.69, 9.17) is 23.2 Å². The van der Waals surface area contributed by atoms with Gasteiger partial charge < -0.3 is 0 Å². The standard InChI is InChI=1S/C5HCl2IN.Li/c6-3-1-5(7)9-2-4(3)8;/h2H;/q-1;+1. The molecule has 48 valence electrons. The minimum absolute atomic E-state index is 0. The van der Waals surface area contributed by atoms with E-state index in [9.17, 15) is 0 Å². The quantitative estimate of drug-likeness (QED) is 0.277. The van der Waals surface area contributed by atoms with Gasteiger partial charge in [-0.3, -0.25) is 4.98 Å². The third-order valence-electron chi connectivity index (χ3n) is 0.714. The molecule has 0 bridgehead atoms. The number of halogens is 3. The molecule has 0 aliphatic heterocycles. The van der Waals surface area contributed by atoms with Crippen molar-refractivity contribution in [1.29, 1.82) is 0 Å². The Balaban J connectivity index is 0.000000810. The summed E-state index contributed by atoms with van der Waals surface area (Å²) in [7, 11) is 0. The van der Waals surface area contributed by atoms with Crippen LogP contribution in [0.5, 0.6) is 0 Å². The van der Waals surface area contributed by atoms with Gasteiger partial charge in [0.15, 0.2) is 0 Å². The number of hydrogen-bond donors (Lipinski definition) is 0. The van der Waals surface area contributed by atoms with Crippen LogP contribution in [0, 0.1) is 9.64 Å². The largest absolute Gasteiger partial charge is 1.00 e. The molecule has 1 nitrogen and oxygen atoms in total. The molecule has 0 atom stereocenters. The van der Waals surface area contributed by atoms with Crippen molar-refractivity contribution in [1.82, 2.24) is 4.98 Å².